The van der Waals surface area contributed by atoms with Crippen molar-refractivity contribution >= 4 is 21.6 Å². The molecule has 38 heavy (non-hydrogen) atoms. The molecule has 1 heterocycles. The highest BCUT2D eigenvalue weighted by Crippen LogP contribution is 2.26. The van der Waals surface area contributed by atoms with Gasteiger partial charge in [0.05, 0.1) is 24.7 Å². The van der Waals surface area contributed by atoms with E-state index in [2.05, 4.69) is 9.64 Å². The number of nitrogens with zero attached hydrogens (tertiary/aromatic N) is 2. The molecule has 7 nitrogen and oxygen atoms in total. The smallest absolute Gasteiger partial charge is 0.387 e. The third-order valence-electron chi connectivity index (χ3n) is 6.25. The Balaban J connectivity index is 1.41. The Morgan fingerprint density at radius 3 is 2.29 bits per heavy atom. The van der Waals surface area contributed by atoms with E-state index in [0.29, 0.717) is 31.3 Å². The van der Waals surface area contributed by atoms with E-state index in [9.17, 15) is 17.2 Å². The molecule has 1 saturated heterocycles. The van der Waals surface area contributed by atoms with Crippen molar-refractivity contribution in [3.63, 3.8) is 0 Å². The van der Waals surface area contributed by atoms with Crippen molar-refractivity contribution in [2.75, 3.05) is 39.8 Å². The van der Waals surface area contributed by atoms with E-state index in [1.807, 2.05) is 48.5 Å². The predicted molar refractivity (Wildman–Crippen MR) is 140 cm³/mol. The van der Waals surface area contributed by atoms with Gasteiger partial charge in [0.15, 0.2) is 0 Å². The van der Waals surface area contributed by atoms with Gasteiger partial charge in [0, 0.05) is 43.8 Å². The monoisotopic (exact) mass is 566 g/mol. The Morgan fingerprint density at radius 1 is 0.921 bits per heavy atom. The van der Waals surface area contributed by atoms with Crippen LogP contribution in [0.25, 0.3) is 0 Å². The van der Waals surface area contributed by atoms with E-state index in [-0.39, 0.29) is 29.8 Å². The second kappa shape index (κ2) is 12.9. The largest absolute Gasteiger partial charge is 0.497 e. The lowest BCUT2D eigenvalue weighted by molar-refractivity contribution is -0.0500. The number of rotatable bonds is 11. The maximum atomic E-state index is 13.1. The van der Waals surface area contributed by atoms with Crippen LogP contribution in [0.3, 0.4) is 0 Å². The molecule has 1 fully saturated rings. The summed E-state index contributed by atoms with van der Waals surface area (Å²) in [7, 11) is -2.24. The first-order valence-corrected chi connectivity index (χ1v) is 13.8. The van der Waals surface area contributed by atoms with Crippen LogP contribution in [-0.4, -0.2) is 64.1 Å². The molecule has 0 bridgehead atoms. The molecule has 1 atom stereocenters. The Hall–Kier alpha value is -2.76. The number of alkyl halides is 2. The first-order valence-electron chi connectivity index (χ1n) is 12.0. The zero-order valence-corrected chi connectivity index (χ0v) is 22.4. The lowest BCUT2D eigenvalue weighted by atomic mass is 10.1. The van der Waals surface area contributed by atoms with E-state index in [0.717, 1.165) is 22.9 Å². The number of methoxy groups -OCH3 is 1. The number of halogens is 3. The van der Waals surface area contributed by atoms with Gasteiger partial charge in [0.25, 0.3) is 0 Å². The molecule has 1 aliphatic rings. The highest BCUT2D eigenvalue weighted by Gasteiger charge is 2.30. The van der Waals surface area contributed by atoms with Crippen LogP contribution in [0.15, 0.2) is 77.7 Å². The van der Waals surface area contributed by atoms with E-state index >= 15 is 0 Å². The van der Waals surface area contributed by atoms with Crippen LogP contribution in [0.4, 0.5) is 8.78 Å². The fourth-order valence-corrected chi connectivity index (χ4v) is 5.82. The highest BCUT2D eigenvalue weighted by atomic mass is 35.5. The van der Waals surface area contributed by atoms with Crippen LogP contribution in [0.2, 0.25) is 5.02 Å². The van der Waals surface area contributed by atoms with Crippen molar-refractivity contribution in [1.82, 2.24) is 9.21 Å². The minimum absolute atomic E-state index is 0.0789. The first kappa shape index (κ1) is 28.3. The summed E-state index contributed by atoms with van der Waals surface area (Å²) >= 11 is 6.09. The predicted octanol–water partition coefficient (Wildman–Crippen LogP) is 5.21. The van der Waals surface area contributed by atoms with Gasteiger partial charge in [-0.25, -0.2) is 8.42 Å². The van der Waals surface area contributed by atoms with Gasteiger partial charge < -0.3 is 14.2 Å². The third-order valence-corrected chi connectivity index (χ3v) is 8.40. The van der Waals surface area contributed by atoms with Crippen LogP contribution in [0.5, 0.6) is 11.5 Å². The topological polar surface area (TPSA) is 68.3 Å². The molecule has 0 aromatic heterocycles. The molecule has 1 aliphatic heterocycles. The van der Waals surface area contributed by atoms with Gasteiger partial charge >= 0.3 is 6.61 Å². The second-order valence-electron chi connectivity index (χ2n) is 8.76. The molecule has 3 aromatic carbocycles. The van der Waals surface area contributed by atoms with Gasteiger partial charge in [0.2, 0.25) is 10.0 Å². The molecule has 0 spiro atoms. The van der Waals surface area contributed by atoms with E-state index in [4.69, 9.17) is 21.1 Å². The maximum absolute atomic E-state index is 13.1. The number of piperazine rings is 1. The SMILES string of the molecule is COc1cccc(CO[C@@H](CN2CCN(S(=O)(=O)c3cccc(OC(F)F)c3)CC2)c2ccc(Cl)cc2)c1. The minimum Gasteiger partial charge on any atom is -0.497 e. The summed E-state index contributed by atoms with van der Waals surface area (Å²) in [5, 5.41) is 0.627. The Morgan fingerprint density at radius 2 is 1.61 bits per heavy atom. The lowest BCUT2D eigenvalue weighted by Gasteiger charge is -2.36. The molecule has 0 unspecified atom stereocenters. The van der Waals surface area contributed by atoms with Gasteiger partial charge in [-0.15, -0.1) is 0 Å². The molecule has 204 valence electrons. The van der Waals surface area contributed by atoms with Crippen LogP contribution >= 0.6 is 11.6 Å². The fraction of sp³-hybridized carbons (Fsp3) is 0.333. The third kappa shape index (κ3) is 7.42. The molecular formula is C27H29ClF2N2O5S. The van der Waals surface area contributed by atoms with Gasteiger partial charge in [0.1, 0.15) is 11.5 Å². The first-order chi connectivity index (χ1) is 18.2. The van der Waals surface area contributed by atoms with Crippen molar-refractivity contribution in [3.05, 3.63) is 88.9 Å². The molecule has 11 heteroatoms. The average Bonchev–Trinajstić information content (AvgIpc) is 2.92. The summed E-state index contributed by atoms with van der Waals surface area (Å²) in [6.45, 7) is -0.626. The van der Waals surface area contributed by atoms with Crippen molar-refractivity contribution < 1.29 is 31.4 Å². The minimum atomic E-state index is -3.86. The molecular weight excluding hydrogens is 538 g/mol. The van der Waals surface area contributed by atoms with Crippen molar-refractivity contribution in [3.8, 4) is 11.5 Å². The number of hydrogen-bond donors (Lipinski definition) is 0. The molecule has 4 rings (SSSR count). The van der Waals surface area contributed by atoms with E-state index < -0.39 is 16.6 Å². The number of hydrogen-bond acceptors (Lipinski definition) is 6. The Kier molecular flexibility index (Phi) is 9.56. The normalized spacial score (nSPS) is 15.9. The zero-order valence-electron chi connectivity index (χ0n) is 20.8. The summed E-state index contributed by atoms with van der Waals surface area (Å²) in [6.07, 6.45) is -0.273. The number of benzene rings is 3. The van der Waals surface area contributed by atoms with E-state index in [1.165, 1.54) is 22.5 Å². The highest BCUT2D eigenvalue weighted by molar-refractivity contribution is 7.89. The van der Waals surface area contributed by atoms with Crippen molar-refractivity contribution in [2.24, 2.45) is 0 Å². The molecule has 0 N–H and O–H groups in total. The molecule has 0 radical (unpaired) electrons. The Labute approximate surface area is 226 Å². The fourth-order valence-electron chi connectivity index (χ4n) is 4.24. The molecule has 0 saturated carbocycles. The summed E-state index contributed by atoms with van der Waals surface area (Å²) in [6, 6.07) is 20.3. The van der Waals surface area contributed by atoms with Crippen LogP contribution in [0.1, 0.15) is 17.2 Å². The average molecular weight is 567 g/mol. The summed E-state index contributed by atoms with van der Waals surface area (Å²) < 4.78 is 68.7. The second-order valence-corrected chi connectivity index (χ2v) is 11.1. The van der Waals surface area contributed by atoms with Crippen molar-refractivity contribution in [1.29, 1.82) is 0 Å². The van der Waals surface area contributed by atoms with Gasteiger partial charge in [-0.1, -0.05) is 41.9 Å². The molecule has 3 aromatic rings. The summed E-state index contributed by atoms with van der Waals surface area (Å²) in [5.41, 5.74) is 1.93. The molecule has 0 amide bonds. The summed E-state index contributed by atoms with van der Waals surface area (Å²) in [5.74, 6) is 0.552. The standard InChI is InChI=1S/C27H29ClF2N2O5S/c1-35-23-5-2-4-20(16-23)19-36-26(21-8-10-22(28)11-9-21)18-31-12-14-32(15-13-31)38(33,34)25-7-3-6-24(17-25)37-27(29)30/h2-11,16-17,26-27H,12-15,18-19H2,1H3/t26-/m0/s1. The molecule has 0 aliphatic carbocycles. The van der Waals surface area contributed by atoms with Crippen LogP contribution in [-0.2, 0) is 21.4 Å². The zero-order chi connectivity index (χ0) is 27.1. The van der Waals surface area contributed by atoms with Crippen molar-refractivity contribution in [2.45, 2.75) is 24.2 Å². The van der Waals surface area contributed by atoms with E-state index in [1.54, 1.807) is 7.11 Å². The Bertz CT molecular complexity index is 1300. The summed E-state index contributed by atoms with van der Waals surface area (Å²) in [4.78, 5) is 2.07. The van der Waals surface area contributed by atoms with Gasteiger partial charge in [-0.05, 0) is 47.5 Å². The lowest BCUT2D eigenvalue weighted by Crippen LogP contribution is -2.49. The van der Waals surface area contributed by atoms with Crippen LogP contribution < -0.4 is 9.47 Å². The van der Waals surface area contributed by atoms with Crippen LogP contribution in [0, 0.1) is 0 Å². The van der Waals surface area contributed by atoms with Gasteiger partial charge in [-0.2, -0.15) is 13.1 Å². The number of sulfonamides is 1. The number of ether oxygens (including phenoxy) is 3. The maximum Gasteiger partial charge on any atom is 0.387 e. The van der Waals surface area contributed by atoms with Gasteiger partial charge in [-0.3, -0.25) is 4.90 Å². The quantitative estimate of drug-likeness (QED) is 0.317.